The van der Waals surface area contributed by atoms with Gasteiger partial charge < -0.3 is 10.6 Å². The zero-order chi connectivity index (χ0) is 12.4. The van der Waals surface area contributed by atoms with Crippen molar-refractivity contribution < 1.29 is 0 Å². The van der Waals surface area contributed by atoms with Gasteiger partial charge in [-0.3, -0.25) is 0 Å². The van der Waals surface area contributed by atoms with E-state index in [1.807, 2.05) is 19.1 Å². The van der Waals surface area contributed by atoms with Crippen molar-refractivity contribution in [2.24, 2.45) is 5.73 Å². The molecule has 0 bridgehead atoms. The molecule has 3 heteroatoms. The van der Waals surface area contributed by atoms with E-state index in [1.165, 1.54) is 24.9 Å². The van der Waals surface area contributed by atoms with Crippen LogP contribution in [0.4, 0.5) is 5.69 Å². The van der Waals surface area contributed by atoms with E-state index in [0.717, 1.165) is 17.1 Å². The van der Waals surface area contributed by atoms with Crippen LogP contribution in [0.3, 0.4) is 0 Å². The number of halogens is 1. The van der Waals surface area contributed by atoms with E-state index in [-0.39, 0.29) is 6.04 Å². The quantitative estimate of drug-likeness (QED) is 0.869. The number of nitrogens with two attached hydrogens (primary N) is 1. The van der Waals surface area contributed by atoms with Crippen LogP contribution in [-0.4, -0.2) is 12.6 Å². The van der Waals surface area contributed by atoms with Crippen molar-refractivity contribution >= 4 is 17.3 Å². The van der Waals surface area contributed by atoms with Gasteiger partial charge in [-0.05, 0) is 56.9 Å². The Balaban J connectivity index is 2.36. The average molecular weight is 253 g/mol. The normalized spacial score (nSPS) is 22.6. The minimum absolute atomic E-state index is 0.0258. The molecule has 0 saturated carbocycles. The molecular formula is C14H21ClN2. The Bertz CT molecular complexity index is 390. The molecule has 2 N–H and O–H groups in total. The summed E-state index contributed by atoms with van der Waals surface area (Å²) < 4.78 is 0. The van der Waals surface area contributed by atoms with Crippen LogP contribution in [0.5, 0.6) is 0 Å². The third-order valence-corrected chi connectivity index (χ3v) is 3.83. The summed E-state index contributed by atoms with van der Waals surface area (Å²) in [6.45, 7) is 5.44. The Morgan fingerprint density at radius 3 is 2.82 bits per heavy atom. The summed E-state index contributed by atoms with van der Waals surface area (Å²) in [5, 5.41) is 0.769. The summed E-state index contributed by atoms with van der Waals surface area (Å²) in [7, 11) is 0. The number of piperidine rings is 1. The summed E-state index contributed by atoms with van der Waals surface area (Å²) in [4.78, 5) is 2.47. The number of benzene rings is 1. The van der Waals surface area contributed by atoms with Gasteiger partial charge in [0.1, 0.15) is 0 Å². The van der Waals surface area contributed by atoms with Crippen molar-refractivity contribution in [1.82, 2.24) is 0 Å². The molecule has 0 amide bonds. The molecule has 0 radical (unpaired) electrons. The molecule has 1 heterocycles. The van der Waals surface area contributed by atoms with Crippen molar-refractivity contribution in [2.45, 2.75) is 45.2 Å². The summed E-state index contributed by atoms with van der Waals surface area (Å²) in [6.07, 6.45) is 3.87. The maximum atomic E-state index is 6.06. The number of rotatable bonds is 2. The second-order valence-electron chi connectivity index (χ2n) is 5.03. The van der Waals surface area contributed by atoms with Crippen molar-refractivity contribution in [3.8, 4) is 0 Å². The highest BCUT2D eigenvalue weighted by Gasteiger charge is 2.21. The maximum absolute atomic E-state index is 6.06. The average Bonchev–Trinajstić information content (AvgIpc) is 2.30. The van der Waals surface area contributed by atoms with E-state index in [4.69, 9.17) is 17.3 Å². The predicted molar refractivity (Wildman–Crippen MR) is 74.7 cm³/mol. The van der Waals surface area contributed by atoms with Gasteiger partial charge in [0, 0.05) is 29.3 Å². The Kier molecular flexibility index (Phi) is 3.95. The van der Waals surface area contributed by atoms with Gasteiger partial charge in [0.15, 0.2) is 0 Å². The lowest BCUT2D eigenvalue weighted by atomic mass is 9.99. The fourth-order valence-corrected chi connectivity index (χ4v) is 2.79. The zero-order valence-corrected chi connectivity index (χ0v) is 11.4. The molecule has 1 aromatic rings. The van der Waals surface area contributed by atoms with E-state index in [0.29, 0.717) is 6.04 Å². The molecule has 0 spiro atoms. The standard InChI is InChI=1S/C14H21ClN2/c1-10-5-3-4-8-17(10)14-7-6-12(15)9-13(14)11(2)16/h6-7,9-11H,3-5,8,16H2,1-2H3. The zero-order valence-electron chi connectivity index (χ0n) is 10.6. The lowest BCUT2D eigenvalue weighted by Crippen LogP contribution is -2.38. The van der Waals surface area contributed by atoms with Crippen LogP contribution in [0.2, 0.25) is 5.02 Å². The molecular weight excluding hydrogens is 232 g/mol. The molecule has 2 nitrogen and oxygen atoms in total. The Labute approximate surface area is 109 Å². The van der Waals surface area contributed by atoms with Crippen molar-refractivity contribution in [3.63, 3.8) is 0 Å². The molecule has 0 aliphatic carbocycles. The maximum Gasteiger partial charge on any atom is 0.0417 e. The molecule has 1 fully saturated rings. The van der Waals surface area contributed by atoms with Crippen LogP contribution >= 0.6 is 11.6 Å². The molecule has 1 aliphatic rings. The largest absolute Gasteiger partial charge is 0.369 e. The number of hydrogen-bond donors (Lipinski definition) is 1. The van der Waals surface area contributed by atoms with Gasteiger partial charge in [0.05, 0.1) is 0 Å². The Hall–Kier alpha value is -0.730. The van der Waals surface area contributed by atoms with E-state index in [9.17, 15) is 0 Å². The minimum Gasteiger partial charge on any atom is -0.369 e. The second-order valence-corrected chi connectivity index (χ2v) is 5.47. The number of nitrogens with zero attached hydrogens (tertiary/aromatic N) is 1. The third-order valence-electron chi connectivity index (χ3n) is 3.59. The number of hydrogen-bond acceptors (Lipinski definition) is 2. The van der Waals surface area contributed by atoms with Gasteiger partial charge in [-0.25, -0.2) is 0 Å². The lowest BCUT2D eigenvalue weighted by Gasteiger charge is -2.37. The van der Waals surface area contributed by atoms with E-state index >= 15 is 0 Å². The van der Waals surface area contributed by atoms with E-state index < -0.39 is 0 Å². The fraction of sp³-hybridized carbons (Fsp3) is 0.571. The highest BCUT2D eigenvalue weighted by molar-refractivity contribution is 6.30. The molecule has 2 rings (SSSR count). The summed E-state index contributed by atoms with van der Waals surface area (Å²) in [5.74, 6) is 0. The molecule has 94 valence electrons. The van der Waals surface area contributed by atoms with Crippen molar-refractivity contribution in [2.75, 3.05) is 11.4 Å². The van der Waals surface area contributed by atoms with Crippen LogP contribution in [-0.2, 0) is 0 Å². The Morgan fingerprint density at radius 2 is 2.18 bits per heavy atom. The summed E-state index contributed by atoms with van der Waals surface area (Å²) in [5.41, 5.74) is 8.47. The summed E-state index contributed by atoms with van der Waals surface area (Å²) >= 11 is 6.06. The smallest absolute Gasteiger partial charge is 0.0417 e. The molecule has 2 atom stereocenters. The molecule has 1 saturated heterocycles. The predicted octanol–water partition coefficient (Wildman–Crippen LogP) is 3.74. The summed E-state index contributed by atoms with van der Waals surface area (Å²) in [6, 6.07) is 6.70. The minimum atomic E-state index is 0.0258. The van der Waals surface area contributed by atoms with Crippen molar-refractivity contribution in [1.29, 1.82) is 0 Å². The Morgan fingerprint density at radius 1 is 1.41 bits per heavy atom. The van der Waals surface area contributed by atoms with Crippen molar-refractivity contribution in [3.05, 3.63) is 28.8 Å². The first-order chi connectivity index (χ1) is 8.09. The highest BCUT2D eigenvalue weighted by Crippen LogP contribution is 2.32. The topological polar surface area (TPSA) is 29.3 Å². The third kappa shape index (κ3) is 2.75. The van der Waals surface area contributed by atoms with E-state index in [2.05, 4.69) is 17.9 Å². The number of anilines is 1. The highest BCUT2D eigenvalue weighted by atomic mass is 35.5. The fourth-order valence-electron chi connectivity index (χ4n) is 2.61. The van der Waals surface area contributed by atoms with Gasteiger partial charge in [0.2, 0.25) is 0 Å². The monoisotopic (exact) mass is 252 g/mol. The first-order valence-corrected chi connectivity index (χ1v) is 6.79. The van der Waals surface area contributed by atoms with Gasteiger partial charge in [-0.1, -0.05) is 11.6 Å². The molecule has 1 aliphatic heterocycles. The molecule has 17 heavy (non-hydrogen) atoms. The van der Waals surface area contributed by atoms with Crippen LogP contribution in [0, 0.1) is 0 Å². The van der Waals surface area contributed by atoms with Gasteiger partial charge in [-0.2, -0.15) is 0 Å². The van der Waals surface area contributed by atoms with Gasteiger partial charge in [-0.15, -0.1) is 0 Å². The van der Waals surface area contributed by atoms with Gasteiger partial charge in [0.25, 0.3) is 0 Å². The van der Waals surface area contributed by atoms with Gasteiger partial charge >= 0.3 is 0 Å². The SMILES string of the molecule is CC(N)c1cc(Cl)ccc1N1CCCCC1C. The first-order valence-electron chi connectivity index (χ1n) is 6.41. The van der Waals surface area contributed by atoms with Crippen LogP contribution < -0.4 is 10.6 Å². The molecule has 2 unspecified atom stereocenters. The van der Waals surface area contributed by atoms with E-state index in [1.54, 1.807) is 0 Å². The first kappa shape index (κ1) is 12.7. The second kappa shape index (κ2) is 5.28. The van der Waals surface area contributed by atoms with Crippen LogP contribution in [0.25, 0.3) is 0 Å². The van der Waals surface area contributed by atoms with Crippen LogP contribution in [0.1, 0.15) is 44.7 Å². The lowest BCUT2D eigenvalue weighted by molar-refractivity contribution is 0.483. The van der Waals surface area contributed by atoms with Crippen LogP contribution in [0.15, 0.2) is 18.2 Å². The molecule has 0 aromatic heterocycles. The molecule has 1 aromatic carbocycles.